The van der Waals surface area contributed by atoms with E-state index in [1.165, 1.54) is 7.11 Å². The van der Waals surface area contributed by atoms with Gasteiger partial charge in [0.25, 0.3) is 5.91 Å². The van der Waals surface area contributed by atoms with Gasteiger partial charge in [0.15, 0.2) is 0 Å². The molecule has 1 aromatic rings. The van der Waals surface area contributed by atoms with Gasteiger partial charge in [0.2, 0.25) is 0 Å². The van der Waals surface area contributed by atoms with Crippen LogP contribution in [-0.2, 0) is 0 Å². The Hall–Kier alpha value is -1.75. The molecular weight excluding hydrogens is 256 g/mol. The molecule has 0 saturated heterocycles. The van der Waals surface area contributed by atoms with Crippen molar-refractivity contribution in [2.75, 3.05) is 26.0 Å². The van der Waals surface area contributed by atoms with Crippen LogP contribution in [0.25, 0.3) is 0 Å². The number of aliphatic hydroxyl groups excluding tert-OH is 1. The number of nitrogens with two attached hydrogens (primary N) is 1. The molecule has 1 saturated carbocycles. The smallest absolute Gasteiger partial charge is 0.256 e. The number of hydrogen-bond donors (Lipinski definition) is 2. The SMILES string of the molecule is COc1cccc(C(=O)N(CCCO)C2CCC2)c1N. The van der Waals surface area contributed by atoms with Gasteiger partial charge >= 0.3 is 0 Å². The van der Waals surface area contributed by atoms with E-state index in [4.69, 9.17) is 15.6 Å². The number of methoxy groups -OCH3 is 1. The van der Waals surface area contributed by atoms with E-state index < -0.39 is 0 Å². The third kappa shape index (κ3) is 2.88. The summed E-state index contributed by atoms with van der Waals surface area (Å²) in [5.41, 5.74) is 6.86. The number of rotatable bonds is 6. The lowest BCUT2D eigenvalue weighted by atomic mass is 9.90. The van der Waals surface area contributed by atoms with Gasteiger partial charge in [-0.1, -0.05) is 6.07 Å². The summed E-state index contributed by atoms with van der Waals surface area (Å²) in [5.74, 6) is 0.450. The molecular formula is C15H22N2O3. The van der Waals surface area contributed by atoms with Crippen molar-refractivity contribution in [2.45, 2.75) is 31.7 Å². The van der Waals surface area contributed by atoms with Crippen molar-refractivity contribution in [1.29, 1.82) is 0 Å². The molecule has 0 radical (unpaired) electrons. The highest BCUT2D eigenvalue weighted by atomic mass is 16.5. The molecule has 0 unspecified atom stereocenters. The Labute approximate surface area is 119 Å². The molecule has 2 rings (SSSR count). The lowest BCUT2D eigenvalue weighted by molar-refractivity contribution is 0.0563. The summed E-state index contributed by atoms with van der Waals surface area (Å²) in [6.07, 6.45) is 3.80. The normalized spacial score (nSPS) is 14.7. The number of anilines is 1. The Balaban J connectivity index is 2.22. The number of aliphatic hydroxyl groups is 1. The second-order valence-corrected chi connectivity index (χ2v) is 5.08. The van der Waals surface area contributed by atoms with Gasteiger partial charge < -0.3 is 20.5 Å². The molecule has 0 aromatic heterocycles. The van der Waals surface area contributed by atoms with Crippen molar-refractivity contribution in [3.63, 3.8) is 0 Å². The zero-order chi connectivity index (χ0) is 14.5. The van der Waals surface area contributed by atoms with Crippen LogP contribution in [-0.4, -0.2) is 42.2 Å². The first-order valence-corrected chi connectivity index (χ1v) is 7.03. The molecule has 0 spiro atoms. The minimum atomic E-state index is -0.0699. The summed E-state index contributed by atoms with van der Waals surface area (Å²) in [6.45, 7) is 0.654. The highest BCUT2D eigenvalue weighted by molar-refractivity contribution is 6.00. The fraction of sp³-hybridized carbons (Fsp3) is 0.533. The van der Waals surface area contributed by atoms with E-state index in [0.29, 0.717) is 30.0 Å². The summed E-state index contributed by atoms with van der Waals surface area (Å²) in [5, 5.41) is 8.99. The first-order valence-electron chi connectivity index (χ1n) is 7.03. The number of carbonyl (C=O) groups excluding carboxylic acids is 1. The van der Waals surface area contributed by atoms with Crippen molar-refractivity contribution in [3.8, 4) is 5.75 Å². The molecule has 0 bridgehead atoms. The number of para-hydroxylation sites is 1. The van der Waals surface area contributed by atoms with E-state index >= 15 is 0 Å². The summed E-state index contributed by atoms with van der Waals surface area (Å²) in [4.78, 5) is 14.5. The minimum Gasteiger partial charge on any atom is -0.495 e. The van der Waals surface area contributed by atoms with E-state index in [1.807, 2.05) is 4.90 Å². The number of amides is 1. The zero-order valence-corrected chi connectivity index (χ0v) is 11.8. The quantitative estimate of drug-likeness (QED) is 0.776. The van der Waals surface area contributed by atoms with Crippen LogP contribution in [0.5, 0.6) is 5.75 Å². The van der Waals surface area contributed by atoms with Gasteiger partial charge in [-0.3, -0.25) is 4.79 Å². The topological polar surface area (TPSA) is 75.8 Å². The van der Waals surface area contributed by atoms with Gasteiger partial charge in [0.1, 0.15) is 5.75 Å². The molecule has 0 heterocycles. The molecule has 1 aliphatic rings. The van der Waals surface area contributed by atoms with Crippen LogP contribution >= 0.6 is 0 Å². The van der Waals surface area contributed by atoms with Crippen LogP contribution in [0, 0.1) is 0 Å². The van der Waals surface area contributed by atoms with E-state index in [1.54, 1.807) is 18.2 Å². The highest BCUT2D eigenvalue weighted by Crippen LogP contribution is 2.30. The van der Waals surface area contributed by atoms with Crippen LogP contribution in [0.3, 0.4) is 0 Å². The van der Waals surface area contributed by atoms with Crippen molar-refractivity contribution in [2.24, 2.45) is 0 Å². The number of hydrogen-bond acceptors (Lipinski definition) is 4. The Morgan fingerprint density at radius 3 is 2.80 bits per heavy atom. The van der Waals surface area contributed by atoms with Gasteiger partial charge in [-0.15, -0.1) is 0 Å². The maximum Gasteiger partial charge on any atom is 0.256 e. The molecule has 5 heteroatoms. The number of nitrogen functional groups attached to an aromatic ring is 1. The maximum atomic E-state index is 12.7. The Morgan fingerprint density at radius 2 is 2.25 bits per heavy atom. The van der Waals surface area contributed by atoms with Crippen LogP contribution in [0.15, 0.2) is 18.2 Å². The van der Waals surface area contributed by atoms with E-state index in [-0.39, 0.29) is 18.6 Å². The molecule has 20 heavy (non-hydrogen) atoms. The number of nitrogens with zero attached hydrogens (tertiary/aromatic N) is 1. The molecule has 1 aliphatic carbocycles. The summed E-state index contributed by atoms with van der Waals surface area (Å²) < 4.78 is 5.16. The van der Waals surface area contributed by atoms with Gasteiger partial charge in [-0.25, -0.2) is 0 Å². The van der Waals surface area contributed by atoms with Gasteiger partial charge in [0, 0.05) is 19.2 Å². The lowest BCUT2D eigenvalue weighted by Crippen LogP contribution is -2.45. The van der Waals surface area contributed by atoms with Gasteiger partial charge in [-0.2, -0.15) is 0 Å². The van der Waals surface area contributed by atoms with E-state index in [9.17, 15) is 4.79 Å². The second-order valence-electron chi connectivity index (χ2n) is 5.08. The zero-order valence-electron chi connectivity index (χ0n) is 11.8. The van der Waals surface area contributed by atoms with E-state index in [2.05, 4.69) is 0 Å². The minimum absolute atomic E-state index is 0.0699. The third-order valence-electron chi connectivity index (χ3n) is 3.85. The fourth-order valence-corrected chi connectivity index (χ4v) is 2.45. The van der Waals surface area contributed by atoms with Crippen LogP contribution < -0.4 is 10.5 Å². The number of carbonyl (C=O) groups is 1. The third-order valence-corrected chi connectivity index (χ3v) is 3.85. The molecule has 1 amide bonds. The molecule has 0 atom stereocenters. The van der Waals surface area contributed by atoms with Crippen LogP contribution in [0.4, 0.5) is 5.69 Å². The fourth-order valence-electron chi connectivity index (χ4n) is 2.45. The highest BCUT2D eigenvalue weighted by Gasteiger charge is 2.30. The molecule has 5 nitrogen and oxygen atoms in total. The van der Waals surface area contributed by atoms with Crippen molar-refractivity contribution in [3.05, 3.63) is 23.8 Å². The van der Waals surface area contributed by atoms with Crippen molar-refractivity contribution < 1.29 is 14.6 Å². The average Bonchev–Trinajstić information content (AvgIpc) is 2.40. The van der Waals surface area contributed by atoms with E-state index in [0.717, 1.165) is 19.3 Å². The summed E-state index contributed by atoms with van der Waals surface area (Å²) in [7, 11) is 1.54. The van der Waals surface area contributed by atoms with Gasteiger partial charge in [0.05, 0.1) is 18.4 Å². The first kappa shape index (κ1) is 14.7. The molecule has 0 aliphatic heterocycles. The molecule has 110 valence electrons. The van der Waals surface area contributed by atoms with Crippen LogP contribution in [0.1, 0.15) is 36.0 Å². The summed E-state index contributed by atoms with van der Waals surface area (Å²) in [6, 6.07) is 5.52. The lowest BCUT2D eigenvalue weighted by Gasteiger charge is -2.38. The molecule has 1 aromatic carbocycles. The van der Waals surface area contributed by atoms with Crippen LogP contribution in [0.2, 0.25) is 0 Å². The molecule has 1 fully saturated rings. The maximum absolute atomic E-state index is 12.7. The largest absolute Gasteiger partial charge is 0.495 e. The van der Waals surface area contributed by atoms with Gasteiger partial charge in [-0.05, 0) is 37.8 Å². The van der Waals surface area contributed by atoms with Crippen molar-refractivity contribution in [1.82, 2.24) is 4.90 Å². The predicted molar refractivity (Wildman–Crippen MR) is 77.8 cm³/mol. The monoisotopic (exact) mass is 278 g/mol. The first-order chi connectivity index (χ1) is 9.69. The van der Waals surface area contributed by atoms with Crippen molar-refractivity contribution >= 4 is 11.6 Å². The Kier molecular flexibility index (Phi) is 4.84. The predicted octanol–water partition coefficient (Wildman–Crippen LogP) is 1.65. The number of benzene rings is 1. The second kappa shape index (κ2) is 6.61. The standard InChI is InChI=1S/C15H22N2O3/c1-20-13-8-3-7-12(14(13)16)15(19)17(9-4-10-18)11-5-2-6-11/h3,7-8,11,18H,2,4-6,9-10,16H2,1H3. The summed E-state index contributed by atoms with van der Waals surface area (Å²) >= 11 is 0. The Bertz CT molecular complexity index is 472. The Morgan fingerprint density at radius 1 is 1.50 bits per heavy atom. The average molecular weight is 278 g/mol. The number of ether oxygens (including phenoxy) is 1. The molecule has 3 N–H and O–H groups in total.